The zero-order valence-corrected chi connectivity index (χ0v) is 8.74. The summed E-state index contributed by atoms with van der Waals surface area (Å²) in [6.45, 7) is 1.62. The molecule has 1 fully saturated rings. The van der Waals surface area contributed by atoms with Crippen LogP contribution in [0.1, 0.15) is 30.9 Å². The van der Waals surface area contributed by atoms with Crippen molar-refractivity contribution in [2.24, 2.45) is 0 Å². The Balaban J connectivity index is 1.85. The molecule has 2 heterocycles. The van der Waals surface area contributed by atoms with Crippen LogP contribution in [0.25, 0.3) is 0 Å². The number of nitrogens with two attached hydrogens (primary N) is 1. The van der Waals surface area contributed by atoms with Crippen molar-refractivity contribution in [2.75, 3.05) is 13.3 Å². The molecule has 2 N–H and O–H groups in total. The predicted octanol–water partition coefficient (Wildman–Crippen LogP) is 1.20. The van der Waals surface area contributed by atoms with Crippen molar-refractivity contribution in [3.63, 3.8) is 0 Å². The third kappa shape index (κ3) is 1.67. The van der Waals surface area contributed by atoms with Crippen LogP contribution in [-0.2, 0) is 0 Å². The Morgan fingerprint density at radius 2 is 2.07 bits per heavy atom. The molecule has 1 aromatic rings. The van der Waals surface area contributed by atoms with Gasteiger partial charge in [0.1, 0.15) is 6.04 Å². The number of hydrogen-bond acceptors (Lipinski definition) is 2. The average molecular weight is 206 g/mol. The van der Waals surface area contributed by atoms with Crippen LogP contribution in [0.3, 0.4) is 0 Å². The van der Waals surface area contributed by atoms with Gasteiger partial charge >= 0.3 is 0 Å². The van der Waals surface area contributed by atoms with E-state index in [4.69, 9.17) is 9.47 Å². The van der Waals surface area contributed by atoms with E-state index in [1.165, 1.54) is 31.4 Å². The van der Waals surface area contributed by atoms with Crippen LogP contribution in [0.2, 0.25) is 0 Å². The van der Waals surface area contributed by atoms with E-state index in [1.54, 1.807) is 0 Å². The van der Waals surface area contributed by atoms with E-state index in [-0.39, 0.29) is 0 Å². The van der Waals surface area contributed by atoms with E-state index in [2.05, 4.69) is 17.4 Å². The van der Waals surface area contributed by atoms with Gasteiger partial charge in [-0.05, 0) is 31.0 Å². The molecule has 0 unspecified atom stereocenters. The second kappa shape index (κ2) is 3.74. The van der Waals surface area contributed by atoms with Crippen molar-refractivity contribution in [3.05, 3.63) is 23.8 Å². The molecule has 1 aromatic carbocycles. The fourth-order valence-corrected chi connectivity index (χ4v) is 2.39. The summed E-state index contributed by atoms with van der Waals surface area (Å²) < 4.78 is 10.7. The molecule has 0 bridgehead atoms. The largest absolute Gasteiger partial charge is 0.454 e. The molecular weight excluding hydrogens is 190 g/mol. The van der Waals surface area contributed by atoms with E-state index >= 15 is 0 Å². The van der Waals surface area contributed by atoms with Crippen LogP contribution in [0.5, 0.6) is 11.5 Å². The lowest BCUT2D eigenvalue weighted by Gasteiger charge is -2.20. The van der Waals surface area contributed by atoms with Crippen molar-refractivity contribution >= 4 is 0 Å². The van der Waals surface area contributed by atoms with Gasteiger partial charge in [-0.15, -0.1) is 0 Å². The summed E-state index contributed by atoms with van der Waals surface area (Å²) in [6, 6.07) is 6.95. The van der Waals surface area contributed by atoms with E-state index in [0.717, 1.165) is 11.5 Å². The average Bonchev–Trinajstić information content (AvgIpc) is 2.77. The van der Waals surface area contributed by atoms with E-state index in [0.29, 0.717) is 12.8 Å². The molecule has 0 aromatic heterocycles. The first kappa shape index (κ1) is 9.04. The van der Waals surface area contributed by atoms with Crippen molar-refractivity contribution in [3.8, 4) is 11.5 Å². The van der Waals surface area contributed by atoms with Gasteiger partial charge in [0.05, 0.1) is 6.54 Å². The highest BCUT2D eigenvalue weighted by Crippen LogP contribution is 2.34. The van der Waals surface area contributed by atoms with Gasteiger partial charge in [-0.1, -0.05) is 0 Å². The third-order valence-electron chi connectivity index (χ3n) is 3.25. The summed E-state index contributed by atoms with van der Waals surface area (Å²) in [5, 5.41) is 2.43. The van der Waals surface area contributed by atoms with Crippen LogP contribution in [-0.4, -0.2) is 13.3 Å². The van der Waals surface area contributed by atoms with Crippen molar-refractivity contribution in [2.45, 2.75) is 25.3 Å². The Hall–Kier alpha value is -1.22. The summed E-state index contributed by atoms with van der Waals surface area (Å²) in [5.74, 6) is 1.79. The summed E-state index contributed by atoms with van der Waals surface area (Å²) in [5.41, 5.74) is 1.37. The first-order chi connectivity index (χ1) is 7.43. The zero-order valence-electron chi connectivity index (χ0n) is 8.74. The van der Waals surface area contributed by atoms with E-state index < -0.39 is 0 Å². The molecule has 0 amide bonds. The number of piperidine rings is 1. The summed E-state index contributed by atoms with van der Waals surface area (Å²) in [4.78, 5) is 0. The Bertz CT molecular complexity index is 359. The Kier molecular flexibility index (Phi) is 2.25. The summed E-state index contributed by atoms with van der Waals surface area (Å²) >= 11 is 0. The molecule has 0 saturated carbocycles. The van der Waals surface area contributed by atoms with Gasteiger partial charge < -0.3 is 14.8 Å². The molecule has 3 rings (SSSR count). The van der Waals surface area contributed by atoms with Gasteiger partial charge in [-0.3, -0.25) is 0 Å². The molecule has 80 valence electrons. The van der Waals surface area contributed by atoms with E-state index in [1.807, 2.05) is 6.07 Å². The van der Waals surface area contributed by atoms with Crippen LogP contribution >= 0.6 is 0 Å². The Morgan fingerprint density at radius 3 is 2.93 bits per heavy atom. The molecule has 3 nitrogen and oxygen atoms in total. The lowest BCUT2D eigenvalue weighted by atomic mass is 9.97. The molecule has 0 aliphatic carbocycles. The van der Waals surface area contributed by atoms with Gasteiger partial charge in [-0.25, -0.2) is 0 Å². The fourth-order valence-electron chi connectivity index (χ4n) is 2.39. The molecule has 0 radical (unpaired) electrons. The number of fused-ring (bicyclic) bond motifs is 1. The molecule has 1 saturated heterocycles. The van der Waals surface area contributed by atoms with Gasteiger partial charge in [0, 0.05) is 12.0 Å². The molecule has 2 aliphatic rings. The number of ether oxygens (including phenoxy) is 2. The van der Waals surface area contributed by atoms with E-state index in [9.17, 15) is 0 Å². The van der Waals surface area contributed by atoms with Crippen molar-refractivity contribution in [1.82, 2.24) is 0 Å². The standard InChI is InChI=1S/C12H15NO2/c1-2-6-13-10(3-1)9-4-5-11-12(7-9)15-8-14-11/h4-5,7,10,13H,1-3,6,8H2/p+1/t10-/m0/s1. The maximum absolute atomic E-state index is 5.39. The number of benzene rings is 1. The summed E-state index contributed by atoms with van der Waals surface area (Å²) in [7, 11) is 0. The normalized spacial score (nSPS) is 24.1. The highest BCUT2D eigenvalue weighted by atomic mass is 16.7. The van der Waals surface area contributed by atoms with Crippen LogP contribution < -0.4 is 14.8 Å². The second-order valence-corrected chi connectivity index (χ2v) is 4.24. The summed E-state index contributed by atoms with van der Waals surface area (Å²) in [6.07, 6.45) is 3.97. The lowest BCUT2D eigenvalue weighted by Crippen LogP contribution is -2.86. The van der Waals surface area contributed by atoms with Crippen molar-refractivity contribution < 1.29 is 14.8 Å². The number of quaternary nitrogens is 1. The molecule has 15 heavy (non-hydrogen) atoms. The van der Waals surface area contributed by atoms with Gasteiger partial charge in [0.2, 0.25) is 6.79 Å². The van der Waals surface area contributed by atoms with Crippen LogP contribution in [0.4, 0.5) is 0 Å². The quantitative estimate of drug-likeness (QED) is 0.749. The first-order valence-electron chi connectivity index (χ1n) is 5.66. The van der Waals surface area contributed by atoms with Crippen LogP contribution in [0, 0.1) is 0 Å². The molecule has 2 aliphatic heterocycles. The molecule has 1 atom stereocenters. The minimum atomic E-state index is 0.368. The predicted molar refractivity (Wildman–Crippen MR) is 55.9 cm³/mol. The molecule has 0 spiro atoms. The van der Waals surface area contributed by atoms with Crippen LogP contribution in [0.15, 0.2) is 18.2 Å². The lowest BCUT2D eigenvalue weighted by molar-refractivity contribution is -0.704. The number of hydrogen-bond donors (Lipinski definition) is 1. The SMILES string of the molecule is c1cc2c(cc1[C@@H]1CCCC[NH2+]1)OCO2. The van der Waals surface area contributed by atoms with Gasteiger partial charge in [-0.2, -0.15) is 0 Å². The minimum absolute atomic E-state index is 0.368. The number of rotatable bonds is 1. The smallest absolute Gasteiger partial charge is 0.231 e. The van der Waals surface area contributed by atoms with Crippen molar-refractivity contribution in [1.29, 1.82) is 0 Å². The van der Waals surface area contributed by atoms with Gasteiger partial charge in [0.25, 0.3) is 0 Å². The van der Waals surface area contributed by atoms with Gasteiger partial charge in [0.15, 0.2) is 11.5 Å². The highest BCUT2D eigenvalue weighted by molar-refractivity contribution is 5.44. The monoisotopic (exact) mass is 206 g/mol. The topological polar surface area (TPSA) is 35.1 Å². The Labute approximate surface area is 89.4 Å². The third-order valence-corrected chi connectivity index (χ3v) is 3.25. The zero-order chi connectivity index (χ0) is 10.1. The maximum atomic E-state index is 5.39. The fraction of sp³-hybridized carbons (Fsp3) is 0.500. The molecule has 3 heteroatoms. The molecular formula is C12H16NO2+. The first-order valence-corrected chi connectivity index (χ1v) is 5.66. The highest BCUT2D eigenvalue weighted by Gasteiger charge is 2.21. The minimum Gasteiger partial charge on any atom is -0.454 e. The second-order valence-electron chi connectivity index (χ2n) is 4.24. The maximum Gasteiger partial charge on any atom is 0.231 e. The Morgan fingerprint density at radius 1 is 1.13 bits per heavy atom.